The zero-order valence-corrected chi connectivity index (χ0v) is 11.8. The quantitative estimate of drug-likeness (QED) is 0.861. The number of benzene rings is 2. The van der Waals surface area contributed by atoms with Crippen molar-refractivity contribution < 1.29 is 14.2 Å². The molecule has 0 aliphatic heterocycles. The van der Waals surface area contributed by atoms with Crippen molar-refractivity contribution in [1.29, 1.82) is 0 Å². The lowest BCUT2D eigenvalue weighted by Gasteiger charge is -2.14. The molecule has 2 aromatic rings. The fourth-order valence-corrected chi connectivity index (χ4v) is 2.15. The molecule has 0 saturated carbocycles. The molecule has 2 aromatic carbocycles. The first kappa shape index (κ1) is 14.5. The maximum Gasteiger partial charge on any atom is 0.136 e. The van der Waals surface area contributed by atoms with Gasteiger partial charge in [0.25, 0.3) is 0 Å². The van der Waals surface area contributed by atoms with Crippen molar-refractivity contribution in [3.63, 3.8) is 0 Å². The van der Waals surface area contributed by atoms with Crippen LogP contribution in [0.3, 0.4) is 0 Å². The molecule has 0 amide bonds. The largest absolute Gasteiger partial charge is 0.457 e. The Morgan fingerprint density at radius 3 is 2.45 bits per heavy atom. The maximum atomic E-state index is 13.7. The molecule has 0 aromatic heterocycles. The Morgan fingerprint density at radius 2 is 1.85 bits per heavy atom. The zero-order valence-electron chi connectivity index (χ0n) is 11.8. The standard InChI is InChI=1S/C17H19FO2/c1-3-5-13-8-10-14(11-9-13)20-16-7-4-6-15(18)17(16)12(2)19/h4,6-12,19H,3,5H2,1-2H3. The number of ether oxygens (including phenoxy) is 1. The molecule has 2 nitrogen and oxygen atoms in total. The second kappa shape index (κ2) is 6.53. The minimum Gasteiger partial charge on any atom is -0.457 e. The molecule has 3 heteroatoms. The Bertz CT molecular complexity index is 562. The van der Waals surface area contributed by atoms with Crippen LogP contribution in [0.2, 0.25) is 0 Å². The highest BCUT2D eigenvalue weighted by molar-refractivity contribution is 5.40. The van der Waals surface area contributed by atoms with E-state index in [2.05, 4.69) is 6.92 Å². The van der Waals surface area contributed by atoms with Gasteiger partial charge in [-0.05, 0) is 43.2 Å². The van der Waals surface area contributed by atoms with Gasteiger partial charge >= 0.3 is 0 Å². The van der Waals surface area contributed by atoms with E-state index in [9.17, 15) is 9.50 Å². The van der Waals surface area contributed by atoms with Crippen LogP contribution in [0.4, 0.5) is 4.39 Å². The van der Waals surface area contributed by atoms with Crippen molar-refractivity contribution in [2.24, 2.45) is 0 Å². The molecule has 0 spiro atoms. The zero-order chi connectivity index (χ0) is 14.5. The van der Waals surface area contributed by atoms with Crippen LogP contribution in [-0.4, -0.2) is 5.11 Å². The minimum atomic E-state index is -0.912. The molecule has 106 valence electrons. The molecule has 0 fully saturated rings. The Labute approximate surface area is 118 Å². The smallest absolute Gasteiger partial charge is 0.136 e. The van der Waals surface area contributed by atoms with Gasteiger partial charge in [-0.3, -0.25) is 0 Å². The van der Waals surface area contributed by atoms with Crippen LogP contribution in [0.5, 0.6) is 11.5 Å². The van der Waals surface area contributed by atoms with Gasteiger partial charge in [-0.1, -0.05) is 31.5 Å². The molecule has 0 aliphatic carbocycles. The highest BCUT2D eigenvalue weighted by Crippen LogP contribution is 2.31. The van der Waals surface area contributed by atoms with Crippen LogP contribution in [-0.2, 0) is 6.42 Å². The molecule has 20 heavy (non-hydrogen) atoms. The van der Waals surface area contributed by atoms with Crippen molar-refractivity contribution in [2.45, 2.75) is 32.8 Å². The van der Waals surface area contributed by atoms with Crippen molar-refractivity contribution in [1.82, 2.24) is 0 Å². The van der Waals surface area contributed by atoms with Crippen LogP contribution >= 0.6 is 0 Å². The second-order valence-electron chi connectivity index (χ2n) is 4.82. The molecule has 0 bridgehead atoms. The molecular formula is C17H19FO2. The molecule has 1 unspecified atom stereocenters. The van der Waals surface area contributed by atoms with Gasteiger partial charge in [0.1, 0.15) is 17.3 Å². The third-order valence-electron chi connectivity index (χ3n) is 3.12. The Kier molecular flexibility index (Phi) is 4.74. The van der Waals surface area contributed by atoms with E-state index in [1.54, 1.807) is 12.1 Å². The highest BCUT2D eigenvalue weighted by Gasteiger charge is 2.15. The van der Waals surface area contributed by atoms with Gasteiger partial charge in [0.2, 0.25) is 0 Å². The van der Waals surface area contributed by atoms with Crippen LogP contribution in [0.1, 0.15) is 37.5 Å². The Balaban J connectivity index is 2.23. The average Bonchev–Trinajstić information content (AvgIpc) is 2.41. The molecular weight excluding hydrogens is 255 g/mol. The van der Waals surface area contributed by atoms with Crippen LogP contribution in [0.15, 0.2) is 42.5 Å². The number of hydrogen-bond acceptors (Lipinski definition) is 2. The van der Waals surface area contributed by atoms with E-state index < -0.39 is 11.9 Å². The topological polar surface area (TPSA) is 29.5 Å². The third-order valence-corrected chi connectivity index (χ3v) is 3.12. The summed E-state index contributed by atoms with van der Waals surface area (Å²) in [5, 5.41) is 9.66. The summed E-state index contributed by atoms with van der Waals surface area (Å²) >= 11 is 0. The van der Waals surface area contributed by atoms with Crippen LogP contribution in [0.25, 0.3) is 0 Å². The van der Waals surface area contributed by atoms with E-state index in [1.165, 1.54) is 18.6 Å². The second-order valence-corrected chi connectivity index (χ2v) is 4.82. The molecule has 2 rings (SSSR count). The number of halogens is 1. The van der Waals surface area contributed by atoms with E-state index >= 15 is 0 Å². The van der Waals surface area contributed by atoms with E-state index in [1.807, 2.05) is 24.3 Å². The third kappa shape index (κ3) is 3.36. The first-order valence-corrected chi connectivity index (χ1v) is 6.85. The fraction of sp³-hybridized carbons (Fsp3) is 0.294. The summed E-state index contributed by atoms with van der Waals surface area (Å²) in [6.45, 7) is 3.65. The SMILES string of the molecule is CCCc1ccc(Oc2cccc(F)c2C(C)O)cc1. The minimum absolute atomic E-state index is 0.185. The maximum absolute atomic E-state index is 13.7. The van der Waals surface area contributed by atoms with Gasteiger partial charge < -0.3 is 9.84 Å². The van der Waals surface area contributed by atoms with Gasteiger partial charge in [-0.25, -0.2) is 4.39 Å². The number of rotatable bonds is 5. The summed E-state index contributed by atoms with van der Waals surface area (Å²) in [5.41, 5.74) is 1.43. The van der Waals surface area contributed by atoms with E-state index in [-0.39, 0.29) is 5.56 Å². The van der Waals surface area contributed by atoms with Gasteiger partial charge in [0.05, 0.1) is 11.7 Å². The molecule has 1 N–H and O–H groups in total. The van der Waals surface area contributed by atoms with E-state index in [0.717, 1.165) is 12.8 Å². The van der Waals surface area contributed by atoms with Crippen molar-refractivity contribution >= 4 is 0 Å². The summed E-state index contributed by atoms with van der Waals surface area (Å²) in [6, 6.07) is 12.3. The lowest BCUT2D eigenvalue weighted by atomic mass is 10.1. The Hall–Kier alpha value is -1.87. The van der Waals surface area contributed by atoms with Crippen LogP contribution < -0.4 is 4.74 Å². The van der Waals surface area contributed by atoms with Crippen molar-refractivity contribution in [2.75, 3.05) is 0 Å². The molecule has 0 aliphatic rings. The molecule has 1 atom stereocenters. The van der Waals surface area contributed by atoms with Crippen molar-refractivity contribution in [3.8, 4) is 11.5 Å². The Morgan fingerprint density at radius 1 is 1.15 bits per heavy atom. The molecule has 0 heterocycles. The predicted octanol–water partition coefficient (Wildman–Crippen LogP) is 4.62. The van der Waals surface area contributed by atoms with Gasteiger partial charge in [0, 0.05) is 0 Å². The first-order chi connectivity index (χ1) is 9.61. The highest BCUT2D eigenvalue weighted by atomic mass is 19.1. The summed E-state index contributed by atoms with van der Waals surface area (Å²) < 4.78 is 19.4. The van der Waals surface area contributed by atoms with Crippen LogP contribution in [0, 0.1) is 5.82 Å². The number of aliphatic hydroxyl groups is 1. The average molecular weight is 274 g/mol. The van der Waals surface area contributed by atoms with Crippen molar-refractivity contribution in [3.05, 3.63) is 59.4 Å². The predicted molar refractivity (Wildman–Crippen MR) is 77.5 cm³/mol. The summed E-state index contributed by atoms with van der Waals surface area (Å²) in [7, 11) is 0. The summed E-state index contributed by atoms with van der Waals surface area (Å²) in [5.74, 6) is 0.528. The van der Waals surface area contributed by atoms with Gasteiger partial charge in [-0.15, -0.1) is 0 Å². The summed E-state index contributed by atoms with van der Waals surface area (Å²) in [4.78, 5) is 0. The normalized spacial score (nSPS) is 12.2. The van der Waals surface area contributed by atoms with E-state index in [0.29, 0.717) is 11.5 Å². The lowest BCUT2D eigenvalue weighted by molar-refractivity contribution is 0.190. The summed E-state index contributed by atoms with van der Waals surface area (Å²) in [6.07, 6.45) is 1.21. The number of aryl methyl sites for hydroxylation is 1. The number of hydrogen-bond donors (Lipinski definition) is 1. The monoisotopic (exact) mass is 274 g/mol. The molecule has 0 radical (unpaired) electrons. The molecule has 0 saturated heterocycles. The van der Waals surface area contributed by atoms with Gasteiger partial charge in [-0.2, -0.15) is 0 Å². The lowest BCUT2D eigenvalue weighted by Crippen LogP contribution is -1.99. The number of aliphatic hydroxyl groups excluding tert-OH is 1. The van der Waals surface area contributed by atoms with E-state index in [4.69, 9.17) is 4.74 Å². The first-order valence-electron chi connectivity index (χ1n) is 6.85. The van der Waals surface area contributed by atoms with Gasteiger partial charge in [0.15, 0.2) is 0 Å². The fourth-order valence-electron chi connectivity index (χ4n) is 2.15.